The predicted octanol–water partition coefficient (Wildman–Crippen LogP) is 2.23. The summed E-state index contributed by atoms with van der Waals surface area (Å²) in [7, 11) is 1.75. The first-order valence-electron chi connectivity index (χ1n) is 9.44. The highest BCUT2D eigenvalue weighted by Crippen LogP contribution is 2.52. The van der Waals surface area contributed by atoms with Gasteiger partial charge in [-0.2, -0.15) is 0 Å². The number of carbonyl (C=O) groups is 2. The third kappa shape index (κ3) is 2.72. The fourth-order valence-corrected chi connectivity index (χ4v) is 4.65. The van der Waals surface area contributed by atoms with Crippen molar-refractivity contribution in [1.29, 1.82) is 0 Å². The summed E-state index contributed by atoms with van der Waals surface area (Å²) >= 11 is 0. The van der Waals surface area contributed by atoms with Gasteiger partial charge in [0, 0.05) is 20.1 Å². The quantitative estimate of drug-likeness (QED) is 0.751. The molecule has 4 rings (SSSR count). The van der Waals surface area contributed by atoms with E-state index in [2.05, 4.69) is 38.6 Å². The molecule has 0 N–H and O–H groups in total. The fourth-order valence-electron chi connectivity index (χ4n) is 4.65. The van der Waals surface area contributed by atoms with Crippen LogP contribution >= 0.6 is 0 Å². The van der Waals surface area contributed by atoms with Crippen LogP contribution < -0.4 is 0 Å². The highest BCUT2D eigenvalue weighted by Gasteiger charge is 2.66. The summed E-state index contributed by atoms with van der Waals surface area (Å²) in [6, 6.07) is 6.28. The smallest absolute Gasteiger partial charge is 0.230 e. The van der Waals surface area contributed by atoms with Crippen LogP contribution in [0, 0.1) is 25.7 Å². The SMILES string of the molecule is C=CCN(C)C(=O)[C@H]1[C@@H]2C=C[C@@]3(CN(Cc4ccc(C)c(C)c4)C(=O)[C@H]13)O2. The zero-order valence-electron chi connectivity index (χ0n) is 16.1. The van der Waals surface area contributed by atoms with Gasteiger partial charge in [0.2, 0.25) is 11.8 Å². The van der Waals surface area contributed by atoms with Crippen LogP contribution in [0.25, 0.3) is 0 Å². The Labute approximate surface area is 160 Å². The Hall–Kier alpha value is -2.40. The normalized spacial score (nSPS) is 30.7. The van der Waals surface area contributed by atoms with Crippen molar-refractivity contribution in [3.05, 3.63) is 59.7 Å². The number of nitrogens with zero attached hydrogens (tertiary/aromatic N) is 2. The summed E-state index contributed by atoms with van der Waals surface area (Å²) in [6.07, 6.45) is 5.34. The van der Waals surface area contributed by atoms with Crippen LogP contribution in [0.2, 0.25) is 0 Å². The van der Waals surface area contributed by atoms with E-state index < -0.39 is 17.4 Å². The number of hydrogen-bond acceptors (Lipinski definition) is 3. The molecule has 1 spiro atoms. The maximum Gasteiger partial charge on any atom is 0.230 e. The van der Waals surface area contributed by atoms with Crippen molar-refractivity contribution < 1.29 is 14.3 Å². The number of ether oxygens (including phenoxy) is 1. The van der Waals surface area contributed by atoms with Crippen molar-refractivity contribution in [3.8, 4) is 0 Å². The Kier molecular flexibility index (Phi) is 4.22. The molecule has 0 saturated carbocycles. The van der Waals surface area contributed by atoms with Crippen LogP contribution in [0.15, 0.2) is 43.0 Å². The molecule has 2 amide bonds. The van der Waals surface area contributed by atoms with Crippen LogP contribution in [0.1, 0.15) is 16.7 Å². The molecular weight excluding hydrogens is 340 g/mol. The lowest BCUT2D eigenvalue weighted by molar-refractivity contribution is -0.142. The van der Waals surface area contributed by atoms with E-state index in [4.69, 9.17) is 4.74 Å². The van der Waals surface area contributed by atoms with E-state index in [1.807, 2.05) is 17.1 Å². The van der Waals surface area contributed by atoms with Gasteiger partial charge in [-0.3, -0.25) is 9.59 Å². The first-order valence-corrected chi connectivity index (χ1v) is 9.44. The van der Waals surface area contributed by atoms with Gasteiger partial charge < -0.3 is 14.5 Å². The molecular formula is C22H26N2O3. The lowest BCUT2D eigenvalue weighted by Gasteiger charge is -2.27. The van der Waals surface area contributed by atoms with Crippen molar-refractivity contribution in [2.75, 3.05) is 20.1 Å². The molecule has 0 aromatic heterocycles. The summed E-state index contributed by atoms with van der Waals surface area (Å²) in [6.45, 7) is 9.37. The average Bonchev–Trinajstić information content (AvgIpc) is 3.26. The summed E-state index contributed by atoms with van der Waals surface area (Å²) in [5.41, 5.74) is 2.90. The molecule has 2 bridgehead atoms. The van der Waals surface area contributed by atoms with Crippen LogP contribution in [0.5, 0.6) is 0 Å². The van der Waals surface area contributed by atoms with Gasteiger partial charge in [-0.05, 0) is 30.5 Å². The molecule has 5 nitrogen and oxygen atoms in total. The third-order valence-electron chi connectivity index (χ3n) is 6.19. The Balaban J connectivity index is 1.58. The van der Waals surface area contributed by atoms with Crippen LogP contribution in [-0.2, 0) is 20.9 Å². The van der Waals surface area contributed by atoms with Gasteiger partial charge in [-0.1, -0.05) is 36.4 Å². The number of rotatable bonds is 5. The van der Waals surface area contributed by atoms with E-state index in [0.29, 0.717) is 19.6 Å². The second-order valence-electron chi connectivity index (χ2n) is 8.02. The van der Waals surface area contributed by atoms with E-state index in [9.17, 15) is 9.59 Å². The number of aryl methyl sites for hydroxylation is 2. The molecule has 4 atom stereocenters. The minimum absolute atomic E-state index is 0.0189. The van der Waals surface area contributed by atoms with Crippen molar-refractivity contribution in [2.45, 2.75) is 32.1 Å². The van der Waals surface area contributed by atoms with Crippen molar-refractivity contribution >= 4 is 11.8 Å². The molecule has 3 aliphatic heterocycles. The lowest BCUT2D eigenvalue weighted by atomic mass is 9.76. The number of hydrogen-bond donors (Lipinski definition) is 0. The van der Waals surface area contributed by atoms with Gasteiger partial charge in [0.25, 0.3) is 0 Å². The van der Waals surface area contributed by atoms with Gasteiger partial charge >= 0.3 is 0 Å². The molecule has 0 radical (unpaired) electrons. The fraction of sp³-hybridized carbons (Fsp3) is 0.455. The minimum atomic E-state index is -0.656. The summed E-state index contributed by atoms with van der Waals surface area (Å²) in [5.74, 6) is -0.904. The second-order valence-corrected chi connectivity index (χ2v) is 8.02. The minimum Gasteiger partial charge on any atom is -0.360 e. The average molecular weight is 366 g/mol. The summed E-state index contributed by atoms with van der Waals surface area (Å²) < 4.78 is 6.18. The highest BCUT2D eigenvalue weighted by atomic mass is 16.5. The van der Waals surface area contributed by atoms with Crippen LogP contribution in [-0.4, -0.2) is 53.5 Å². The molecule has 2 fully saturated rings. The Morgan fingerprint density at radius 3 is 2.89 bits per heavy atom. The molecule has 27 heavy (non-hydrogen) atoms. The number of fused-ring (bicyclic) bond motifs is 1. The molecule has 0 aliphatic carbocycles. The van der Waals surface area contributed by atoms with E-state index in [-0.39, 0.29) is 17.9 Å². The number of benzene rings is 1. The monoisotopic (exact) mass is 366 g/mol. The maximum absolute atomic E-state index is 13.2. The van der Waals surface area contributed by atoms with Crippen LogP contribution in [0.4, 0.5) is 0 Å². The lowest BCUT2D eigenvalue weighted by Crippen LogP contribution is -2.44. The van der Waals surface area contributed by atoms with Crippen molar-refractivity contribution in [3.63, 3.8) is 0 Å². The largest absolute Gasteiger partial charge is 0.360 e. The molecule has 0 unspecified atom stereocenters. The predicted molar refractivity (Wildman–Crippen MR) is 103 cm³/mol. The Morgan fingerprint density at radius 2 is 2.19 bits per heavy atom. The standard InChI is InChI=1S/C22H26N2O3/c1-5-10-23(4)20(25)18-17-8-9-22(27-17)13-24(21(26)19(18)22)12-16-7-6-14(2)15(3)11-16/h5-9,11,17-19H,1,10,12-13H2,2-4H3/t17-,18-,19-,22-/m0/s1. The van der Waals surface area contributed by atoms with E-state index in [1.165, 1.54) is 11.1 Å². The van der Waals surface area contributed by atoms with Gasteiger partial charge in [0.05, 0.1) is 24.5 Å². The summed E-state index contributed by atoms with van der Waals surface area (Å²) in [4.78, 5) is 29.7. The Morgan fingerprint density at radius 1 is 1.41 bits per heavy atom. The van der Waals surface area contributed by atoms with Crippen molar-refractivity contribution in [1.82, 2.24) is 9.80 Å². The molecule has 5 heteroatoms. The highest BCUT2D eigenvalue weighted by molar-refractivity contribution is 5.93. The van der Waals surface area contributed by atoms with Gasteiger partial charge in [-0.25, -0.2) is 0 Å². The second kappa shape index (κ2) is 6.34. The van der Waals surface area contributed by atoms with Gasteiger partial charge in [0.1, 0.15) is 5.60 Å². The molecule has 2 saturated heterocycles. The number of likely N-dealkylation sites (tertiary alicyclic amines) is 1. The first-order chi connectivity index (χ1) is 12.9. The van der Waals surface area contributed by atoms with Crippen molar-refractivity contribution in [2.24, 2.45) is 11.8 Å². The molecule has 1 aromatic carbocycles. The maximum atomic E-state index is 13.2. The zero-order chi connectivity index (χ0) is 19.3. The van der Waals surface area contributed by atoms with E-state index in [0.717, 1.165) is 5.56 Å². The first kappa shape index (κ1) is 18.0. The van der Waals surface area contributed by atoms with Gasteiger partial charge in [-0.15, -0.1) is 6.58 Å². The Bertz CT molecular complexity index is 846. The van der Waals surface area contributed by atoms with E-state index in [1.54, 1.807) is 18.0 Å². The number of carbonyl (C=O) groups excluding carboxylic acids is 2. The molecule has 142 valence electrons. The number of amides is 2. The zero-order valence-corrected chi connectivity index (χ0v) is 16.1. The molecule has 3 heterocycles. The third-order valence-corrected chi connectivity index (χ3v) is 6.19. The molecule has 1 aromatic rings. The topological polar surface area (TPSA) is 49.9 Å². The van der Waals surface area contributed by atoms with Crippen LogP contribution in [0.3, 0.4) is 0 Å². The molecule has 3 aliphatic rings. The van der Waals surface area contributed by atoms with Gasteiger partial charge in [0.15, 0.2) is 0 Å². The summed E-state index contributed by atoms with van der Waals surface area (Å²) in [5, 5.41) is 0. The number of likely N-dealkylation sites (N-methyl/N-ethyl adjacent to an activating group) is 1. The van der Waals surface area contributed by atoms with E-state index >= 15 is 0 Å².